The Labute approximate surface area is 211 Å². The standard InChI is InChI=1S/C31H21IN2/c1-33-28-16-13-21(20-7-3-2-4-8-20)17-27(28)26-15-12-22(18-30(26)33)23-11-14-25-24-9-5-6-10-29(24)34(32)31(25)19-23/h2-19H,1H3. The van der Waals surface area contributed by atoms with Gasteiger partial charge in [-0.2, -0.15) is 0 Å². The zero-order chi connectivity index (χ0) is 22.8. The topological polar surface area (TPSA) is 9.86 Å². The number of hydrogen-bond donors (Lipinski definition) is 0. The van der Waals surface area contributed by atoms with E-state index in [2.05, 4.69) is 146 Å². The first-order chi connectivity index (χ1) is 16.7. The molecule has 0 saturated carbocycles. The first-order valence-electron chi connectivity index (χ1n) is 11.5. The van der Waals surface area contributed by atoms with E-state index in [1.165, 1.54) is 65.9 Å². The van der Waals surface area contributed by atoms with Gasteiger partial charge >= 0.3 is 0 Å². The van der Waals surface area contributed by atoms with Gasteiger partial charge in [-0.05, 0) is 52.6 Å². The molecule has 34 heavy (non-hydrogen) atoms. The number of para-hydroxylation sites is 1. The molecule has 0 radical (unpaired) electrons. The molecule has 0 unspecified atom stereocenters. The van der Waals surface area contributed by atoms with E-state index in [0.29, 0.717) is 0 Å². The SMILES string of the molecule is Cn1c2ccc(-c3ccccc3)cc2c2ccc(-c3ccc4c5ccccc5n(I)c4c3)cc21. The third-order valence-corrected chi connectivity index (χ3v) is 8.10. The van der Waals surface area contributed by atoms with Gasteiger partial charge in [0.15, 0.2) is 0 Å². The van der Waals surface area contributed by atoms with Crippen LogP contribution in [0.1, 0.15) is 0 Å². The van der Waals surface area contributed by atoms with Crippen molar-refractivity contribution in [2.75, 3.05) is 0 Å². The van der Waals surface area contributed by atoms with E-state index in [1.807, 2.05) is 0 Å². The highest BCUT2D eigenvalue weighted by Gasteiger charge is 2.13. The summed E-state index contributed by atoms with van der Waals surface area (Å²) in [6.07, 6.45) is 0. The van der Waals surface area contributed by atoms with Crippen LogP contribution in [-0.2, 0) is 7.05 Å². The van der Waals surface area contributed by atoms with Crippen LogP contribution in [0.4, 0.5) is 0 Å². The molecule has 2 heterocycles. The summed E-state index contributed by atoms with van der Waals surface area (Å²) >= 11 is 2.42. The molecule has 0 aliphatic rings. The van der Waals surface area contributed by atoms with Crippen molar-refractivity contribution >= 4 is 66.5 Å². The fourth-order valence-electron chi connectivity index (χ4n) is 5.30. The minimum Gasteiger partial charge on any atom is -0.344 e. The van der Waals surface area contributed by atoms with Gasteiger partial charge in [-0.1, -0.05) is 78.9 Å². The lowest BCUT2D eigenvalue weighted by Crippen LogP contribution is -1.87. The van der Waals surface area contributed by atoms with Gasteiger partial charge in [-0.3, -0.25) is 2.78 Å². The van der Waals surface area contributed by atoms with Crippen molar-refractivity contribution in [2.45, 2.75) is 0 Å². The Morgan fingerprint density at radius 1 is 0.441 bits per heavy atom. The number of halogens is 1. The lowest BCUT2D eigenvalue weighted by atomic mass is 10.0. The number of fused-ring (bicyclic) bond motifs is 6. The Balaban J connectivity index is 1.41. The maximum Gasteiger partial charge on any atom is 0.0646 e. The number of aryl methyl sites for hydroxylation is 1. The first-order valence-corrected chi connectivity index (χ1v) is 12.4. The molecule has 0 amide bonds. The Morgan fingerprint density at radius 3 is 1.82 bits per heavy atom. The quantitative estimate of drug-likeness (QED) is 0.191. The summed E-state index contributed by atoms with van der Waals surface area (Å²) < 4.78 is 4.59. The van der Waals surface area contributed by atoms with Gasteiger partial charge in [0, 0.05) is 39.6 Å². The maximum atomic E-state index is 2.42. The monoisotopic (exact) mass is 548 g/mol. The highest BCUT2D eigenvalue weighted by molar-refractivity contribution is 14.1. The number of nitrogens with zero attached hydrogens (tertiary/aromatic N) is 2. The zero-order valence-corrected chi connectivity index (χ0v) is 20.8. The minimum absolute atomic E-state index is 1.24. The van der Waals surface area contributed by atoms with Gasteiger partial charge in [-0.15, -0.1) is 0 Å². The van der Waals surface area contributed by atoms with Crippen molar-refractivity contribution in [1.82, 2.24) is 7.35 Å². The van der Waals surface area contributed by atoms with Gasteiger partial charge in [0.2, 0.25) is 0 Å². The molecule has 3 heteroatoms. The van der Waals surface area contributed by atoms with E-state index < -0.39 is 0 Å². The third-order valence-electron chi connectivity index (χ3n) is 7.06. The van der Waals surface area contributed by atoms with Gasteiger partial charge in [0.25, 0.3) is 0 Å². The van der Waals surface area contributed by atoms with Gasteiger partial charge in [-0.25, -0.2) is 0 Å². The van der Waals surface area contributed by atoms with Crippen LogP contribution in [0.5, 0.6) is 0 Å². The second kappa shape index (κ2) is 7.47. The van der Waals surface area contributed by atoms with Crippen molar-refractivity contribution in [3.63, 3.8) is 0 Å². The predicted molar refractivity (Wildman–Crippen MR) is 154 cm³/mol. The van der Waals surface area contributed by atoms with Gasteiger partial charge in [0.1, 0.15) is 0 Å². The Kier molecular flexibility index (Phi) is 4.36. The number of aromatic nitrogens is 2. The van der Waals surface area contributed by atoms with Crippen LogP contribution in [0.15, 0.2) is 109 Å². The molecule has 0 aliphatic heterocycles. The molecule has 0 aliphatic carbocycles. The number of rotatable bonds is 2. The molecular formula is C31H21IN2. The fraction of sp³-hybridized carbons (Fsp3) is 0.0323. The summed E-state index contributed by atoms with van der Waals surface area (Å²) in [6.45, 7) is 0. The van der Waals surface area contributed by atoms with Crippen molar-refractivity contribution < 1.29 is 0 Å². The van der Waals surface area contributed by atoms with Crippen molar-refractivity contribution in [3.8, 4) is 22.3 Å². The van der Waals surface area contributed by atoms with E-state index in [1.54, 1.807) is 0 Å². The largest absolute Gasteiger partial charge is 0.344 e. The lowest BCUT2D eigenvalue weighted by Gasteiger charge is -2.05. The normalized spacial score (nSPS) is 11.8. The van der Waals surface area contributed by atoms with E-state index in [0.717, 1.165) is 0 Å². The van der Waals surface area contributed by atoms with Gasteiger partial charge < -0.3 is 4.57 Å². The van der Waals surface area contributed by atoms with Crippen LogP contribution >= 0.6 is 22.9 Å². The summed E-state index contributed by atoms with van der Waals surface area (Å²) in [6, 6.07) is 39.7. The van der Waals surface area contributed by atoms with Gasteiger partial charge in [0.05, 0.1) is 33.9 Å². The maximum absolute atomic E-state index is 2.42. The second-order valence-electron chi connectivity index (χ2n) is 8.92. The summed E-state index contributed by atoms with van der Waals surface area (Å²) in [4.78, 5) is 0. The molecular weight excluding hydrogens is 527 g/mol. The molecule has 0 N–H and O–H groups in total. The predicted octanol–water partition coefficient (Wildman–Crippen LogP) is 8.97. The third kappa shape index (κ3) is 2.86. The van der Waals surface area contributed by atoms with Crippen LogP contribution in [0.2, 0.25) is 0 Å². The van der Waals surface area contributed by atoms with Crippen LogP contribution in [-0.4, -0.2) is 7.35 Å². The number of hydrogen-bond acceptors (Lipinski definition) is 0. The molecule has 7 aromatic rings. The molecule has 5 aromatic carbocycles. The lowest BCUT2D eigenvalue weighted by molar-refractivity contribution is 1.01. The Hall–Kier alpha value is -3.57. The Bertz CT molecular complexity index is 1870. The minimum atomic E-state index is 1.24. The molecule has 162 valence electrons. The summed E-state index contributed by atoms with van der Waals surface area (Å²) in [5.41, 5.74) is 10.0. The molecule has 0 spiro atoms. The summed E-state index contributed by atoms with van der Waals surface area (Å²) in [5, 5.41) is 5.20. The second-order valence-corrected chi connectivity index (χ2v) is 9.88. The van der Waals surface area contributed by atoms with Crippen molar-refractivity contribution in [2.24, 2.45) is 7.05 Å². The van der Waals surface area contributed by atoms with Crippen molar-refractivity contribution in [3.05, 3.63) is 109 Å². The average molecular weight is 548 g/mol. The first kappa shape index (κ1) is 19.9. The highest BCUT2D eigenvalue weighted by Crippen LogP contribution is 2.37. The van der Waals surface area contributed by atoms with Crippen molar-refractivity contribution in [1.29, 1.82) is 0 Å². The number of benzene rings is 5. The van der Waals surface area contributed by atoms with E-state index in [-0.39, 0.29) is 0 Å². The zero-order valence-electron chi connectivity index (χ0n) is 18.7. The molecule has 2 aromatic heterocycles. The van der Waals surface area contributed by atoms with Crippen LogP contribution in [0.25, 0.3) is 65.9 Å². The highest BCUT2D eigenvalue weighted by atomic mass is 127. The fourth-order valence-corrected chi connectivity index (χ4v) is 6.12. The average Bonchev–Trinajstić information content (AvgIpc) is 3.35. The summed E-state index contributed by atoms with van der Waals surface area (Å²) in [7, 11) is 2.17. The molecule has 2 nitrogen and oxygen atoms in total. The van der Waals surface area contributed by atoms with E-state index in [9.17, 15) is 0 Å². The molecule has 0 atom stereocenters. The Morgan fingerprint density at radius 2 is 1.03 bits per heavy atom. The van der Waals surface area contributed by atoms with E-state index in [4.69, 9.17) is 0 Å². The molecule has 7 rings (SSSR count). The smallest absolute Gasteiger partial charge is 0.0646 e. The van der Waals surface area contributed by atoms with Crippen LogP contribution in [0, 0.1) is 0 Å². The molecule has 0 saturated heterocycles. The molecule has 0 bridgehead atoms. The van der Waals surface area contributed by atoms with Crippen LogP contribution < -0.4 is 0 Å². The van der Waals surface area contributed by atoms with E-state index >= 15 is 0 Å². The van der Waals surface area contributed by atoms with Crippen LogP contribution in [0.3, 0.4) is 0 Å². The molecule has 0 fully saturated rings. The summed E-state index contributed by atoms with van der Waals surface area (Å²) in [5.74, 6) is 0.